The predicted octanol–water partition coefficient (Wildman–Crippen LogP) is 3.62. The van der Waals surface area contributed by atoms with Crippen LogP contribution in [0.4, 0.5) is 0 Å². The Morgan fingerprint density at radius 2 is 1.80 bits per heavy atom. The lowest BCUT2D eigenvalue weighted by Gasteiger charge is -2.13. The fourth-order valence-electron chi connectivity index (χ4n) is 2.80. The molecule has 0 fully saturated rings. The second kappa shape index (κ2) is 9.31. The van der Waals surface area contributed by atoms with E-state index in [1.807, 2.05) is 6.92 Å². The third-order valence-corrected chi connectivity index (χ3v) is 4.44. The molecule has 0 spiro atoms. The molecule has 9 nitrogen and oxygen atoms in total. The van der Waals surface area contributed by atoms with E-state index in [4.69, 9.17) is 31.2 Å². The van der Waals surface area contributed by atoms with Crippen molar-refractivity contribution >= 4 is 18.4 Å². The lowest BCUT2D eigenvalue weighted by atomic mass is 10.1. The van der Waals surface area contributed by atoms with Gasteiger partial charge >= 0.3 is 0 Å². The van der Waals surface area contributed by atoms with Crippen molar-refractivity contribution in [3.8, 4) is 40.1 Å². The molecule has 0 radical (unpaired) electrons. The van der Waals surface area contributed by atoms with Crippen LogP contribution in [0.5, 0.6) is 28.7 Å². The summed E-state index contributed by atoms with van der Waals surface area (Å²) in [6, 6.07) is 8.45. The largest absolute Gasteiger partial charge is 0.504 e. The SMILES string of the molecule is CCOc1cc(/C=N/n2c(-c3cc(OC)c(OC)c(OC)c3)n[nH]c2=S)ccc1O. The number of nitrogens with one attached hydrogen (secondary N) is 1. The topological polar surface area (TPSA) is 103 Å². The third-order valence-electron chi connectivity index (χ3n) is 4.18. The molecular formula is C20H22N4O5S. The first kappa shape index (κ1) is 21.2. The molecular weight excluding hydrogens is 408 g/mol. The number of aromatic hydroxyl groups is 1. The zero-order chi connectivity index (χ0) is 21.7. The highest BCUT2D eigenvalue weighted by Gasteiger charge is 2.17. The highest BCUT2D eigenvalue weighted by Crippen LogP contribution is 2.40. The summed E-state index contributed by atoms with van der Waals surface area (Å²) in [5.41, 5.74) is 1.38. The van der Waals surface area contributed by atoms with Gasteiger partial charge in [0.1, 0.15) is 0 Å². The molecule has 10 heteroatoms. The molecule has 0 atom stereocenters. The van der Waals surface area contributed by atoms with Gasteiger partial charge < -0.3 is 24.1 Å². The average Bonchev–Trinajstić information content (AvgIpc) is 3.13. The molecule has 3 aromatic rings. The van der Waals surface area contributed by atoms with Gasteiger partial charge in [-0.1, -0.05) is 0 Å². The van der Waals surface area contributed by atoms with E-state index < -0.39 is 0 Å². The molecule has 1 heterocycles. The molecule has 0 aliphatic carbocycles. The van der Waals surface area contributed by atoms with Crippen molar-refractivity contribution in [3.05, 3.63) is 40.7 Å². The van der Waals surface area contributed by atoms with Crippen LogP contribution in [0.1, 0.15) is 12.5 Å². The van der Waals surface area contributed by atoms with Gasteiger partial charge in [-0.3, -0.25) is 0 Å². The molecule has 0 aliphatic heterocycles. The molecule has 0 bridgehead atoms. The highest BCUT2D eigenvalue weighted by atomic mass is 32.1. The van der Waals surface area contributed by atoms with Gasteiger partial charge in [-0.2, -0.15) is 14.9 Å². The van der Waals surface area contributed by atoms with E-state index in [1.165, 1.54) is 26.0 Å². The highest BCUT2D eigenvalue weighted by molar-refractivity contribution is 7.71. The first-order valence-electron chi connectivity index (χ1n) is 9.00. The second-order valence-corrected chi connectivity index (χ2v) is 6.37. The number of methoxy groups -OCH3 is 3. The van der Waals surface area contributed by atoms with Crippen molar-refractivity contribution in [1.29, 1.82) is 0 Å². The minimum Gasteiger partial charge on any atom is -0.504 e. The number of aromatic nitrogens is 3. The van der Waals surface area contributed by atoms with Crippen LogP contribution in [0.25, 0.3) is 11.4 Å². The Hall–Kier alpha value is -3.53. The Bertz CT molecular complexity index is 1100. The zero-order valence-corrected chi connectivity index (χ0v) is 17.8. The van der Waals surface area contributed by atoms with Crippen LogP contribution in [0.15, 0.2) is 35.4 Å². The summed E-state index contributed by atoms with van der Waals surface area (Å²) in [4.78, 5) is 0. The van der Waals surface area contributed by atoms with E-state index in [0.717, 1.165) is 5.56 Å². The molecule has 2 N–H and O–H groups in total. The third kappa shape index (κ3) is 4.23. The zero-order valence-electron chi connectivity index (χ0n) is 17.0. The lowest BCUT2D eigenvalue weighted by molar-refractivity contribution is 0.318. The molecule has 30 heavy (non-hydrogen) atoms. The number of rotatable bonds is 8. The summed E-state index contributed by atoms with van der Waals surface area (Å²) < 4.78 is 23.4. The van der Waals surface area contributed by atoms with Crippen molar-refractivity contribution in [2.75, 3.05) is 27.9 Å². The first-order valence-corrected chi connectivity index (χ1v) is 9.41. The van der Waals surface area contributed by atoms with Gasteiger partial charge in [0.15, 0.2) is 28.8 Å². The monoisotopic (exact) mass is 430 g/mol. The number of H-pyrrole nitrogens is 1. The summed E-state index contributed by atoms with van der Waals surface area (Å²) in [6.45, 7) is 2.28. The number of ether oxygens (including phenoxy) is 4. The van der Waals surface area contributed by atoms with Gasteiger partial charge in [-0.15, -0.1) is 0 Å². The first-order chi connectivity index (χ1) is 14.5. The van der Waals surface area contributed by atoms with Gasteiger partial charge in [0.05, 0.1) is 34.2 Å². The fraction of sp³-hybridized carbons (Fsp3) is 0.250. The molecule has 158 valence electrons. The van der Waals surface area contributed by atoms with Crippen LogP contribution in [-0.2, 0) is 0 Å². The number of phenolic OH excluding ortho intramolecular Hbond substituents is 1. The smallest absolute Gasteiger partial charge is 0.216 e. The Labute approximate surface area is 178 Å². The summed E-state index contributed by atoms with van der Waals surface area (Å²) in [7, 11) is 4.61. The van der Waals surface area contributed by atoms with Crippen LogP contribution >= 0.6 is 12.2 Å². The molecule has 0 saturated carbocycles. The van der Waals surface area contributed by atoms with Gasteiger partial charge in [-0.25, -0.2) is 5.10 Å². The van der Waals surface area contributed by atoms with E-state index in [-0.39, 0.29) is 5.75 Å². The normalized spacial score (nSPS) is 10.9. The molecule has 3 rings (SSSR count). The quantitative estimate of drug-likeness (QED) is 0.416. The summed E-state index contributed by atoms with van der Waals surface area (Å²) in [5.74, 6) is 2.33. The van der Waals surface area contributed by atoms with Crippen molar-refractivity contribution in [1.82, 2.24) is 14.9 Å². The number of hydrogen-bond acceptors (Lipinski definition) is 8. The van der Waals surface area contributed by atoms with E-state index in [2.05, 4.69) is 15.3 Å². The minimum absolute atomic E-state index is 0.0621. The van der Waals surface area contributed by atoms with E-state index in [9.17, 15) is 5.11 Å². The second-order valence-electron chi connectivity index (χ2n) is 5.98. The lowest BCUT2D eigenvalue weighted by Crippen LogP contribution is -1.99. The Morgan fingerprint density at radius 1 is 1.10 bits per heavy atom. The Morgan fingerprint density at radius 3 is 2.40 bits per heavy atom. The number of phenols is 1. The number of hydrogen-bond donors (Lipinski definition) is 2. The van der Waals surface area contributed by atoms with Crippen LogP contribution in [0.2, 0.25) is 0 Å². The van der Waals surface area contributed by atoms with Gasteiger partial charge in [0.2, 0.25) is 10.5 Å². The molecule has 1 aromatic heterocycles. The fourth-order valence-corrected chi connectivity index (χ4v) is 2.98. The predicted molar refractivity (Wildman–Crippen MR) is 115 cm³/mol. The van der Waals surface area contributed by atoms with Crippen LogP contribution in [0.3, 0.4) is 0 Å². The molecule has 0 amide bonds. The van der Waals surface area contributed by atoms with Gasteiger partial charge in [0, 0.05) is 5.56 Å². The van der Waals surface area contributed by atoms with Gasteiger partial charge in [-0.05, 0) is 55.0 Å². The van der Waals surface area contributed by atoms with E-state index in [1.54, 1.807) is 36.5 Å². The maximum absolute atomic E-state index is 9.86. The number of aromatic amines is 1. The maximum Gasteiger partial charge on any atom is 0.216 e. The molecule has 2 aromatic carbocycles. The standard InChI is InChI=1S/C20H22N4O5S/c1-5-29-15-8-12(6-7-14(15)25)11-21-24-19(22-23-20(24)30)13-9-16(26-2)18(28-4)17(10-13)27-3/h6-11,25H,5H2,1-4H3,(H,23,30)/b21-11+. The summed E-state index contributed by atoms with van der Waals surface area (Å²) in [6.07, 6.45) is 1.59. The van der Waals surface area contributed by atoms with Crippen LogP contribution in [-0.4, -0.2) is 54.1 Å². The van der Waals surface area contributed by atoms with Crippen LogP contribution < -0.4 is 18.9 Å². The van der Waals surface area contributed by atoms with Crippen LogP contribution in [0, 0.1) is 4.77 Å². The van der Waals surface area contributed by atoms with Crippen molar-refractivity contribution < 1.29 is 24.1 Å². The maximum atomic E-state index is 9.86. The van der Waals surface area contributed by atoms with Crippen molar-refractivity contribution in [3.63, 3.8) is 0 Å². The summed E-state index contributed by atoms with van der Waals surface area (Å²) >= 11 is 5.33. The Kier molecular flexibility index (Phi) is 6.58. The van der Waals surface area contributed by atoms with Crippen molar-refractivity contribution in [2.24, 2.45) is 5.10 Å². The Balaban J connectivity index is 2.03. The summed E-state index contributed by atoms with van der Waals surface area (Å²) in [5, 5.41) is 21.3. The van der Waals surface area contributed by atoms with E-state index >= 15 is 0 Å². The molecule has 0 unspecified atom stereocenters. The molecule has 0 aliphatic rings. The minimum atomic E-state index is 0.0621. The van der Waals surface area contributed by atoms with Crippen molar-refractivity contribution in [2.45, 2.75) is 6.92 Å². The average molecular weight is 430 g/mol. The van der Waals surface area contributed by atoms with Gasteiger partial charge in [0.25, 0.3) is 0 Å². The molecule has 0 saturated heterocycles. The van der Waals surface area contributed by atoms with E-state index in [0.29, 0.717) is 45.8 Å². The number of nitrogens with zero attached hydrogens (tertiary/aromatic N) is 3. The number of benzene rings is 2.